The molecule has 4 rings (SSSR count). The molecule has 1 saturated heterocycles. The van der Waals surface area contributed by atoms with Crippen LogP contribution in [0.5, 0.6) is 5.75 Å². The molecule has 1 fully saturated rings. The summed E-state index contributed by atoms with van der Waals surface area (Å²) in [6.45, 7) is 3.50. The van der Waals surface area contributed by atoms with E-state index in [0.717, 1.165) is 42.0 Å². The zero-order valence-electron chi connectivity index (χ0n) is 18.3. The first-order chi connectivity index (χ1) is 15.4. The van der Waals surface area contributed by atoms with Crippen molar-refractivity contribution in [3.8, 4) is 11.8 Å². The molecule has 32 heavy (non-hydrogen) atoms. The highest BCUT2D eigenvalue weighted by Crippen LogP contribution is 2.54. The van der Waals surface area contributed by atoms with Gasteiger partial charge in [0.25, 0.3) is 5.91 Å². The fourth-order valence-corrected chi connectivity index (χ4v) is 5.29. The van der Waals surface area contributed by atoms with Crippen LogP contribution in [0.2, 0.25) is 0 Å². The number of nitrogens with zero attached hydrogens (tertiary/aromatic N) is 4. The molecule has 2 aliphatic heterocycles. The van der Waals surface area contributed by atoms with Crippen molar-refractivity contribution in [3.63, 3.8) is 0 Å². The van der Waals surface area contributed by atoms with Crippen LogP contribution in [-0.4, -0.2) is 49.0 Å². The molecule has 168 valence electrons. The second-order valence-electron chi connectivity index (χ2n) is 7.76. The van der Waals surface area contributed by atoms with Crippen LogP contribution in [0.3, 0.4) is 0 Å². The summed E-state index contributed by atoms with van der Waals surface area (Å²) in [4.78, 5) is 19.7. The summed E-state index contributed by atoms with van der Waals surface area (Å²) in [5, 5.41) is 9.05. The van der Waals surface area contributed by atoms with Gasteiger partial charge in [-0.05, 0) is 36.8 Å². The number of aryl methyl sites for hydroxylation is 1. The molecule has 3 heterocycles. The van der Waals surface area contributed by atoms with E-state index in [1.54, 1.807) is 18.2 Å². The maximum Gasteiger partial charge on any atom is 0.437 e. The number of pyridine rings is 1. The third-order valence-electron chi connectivity index (χ3n) is 5.79. The molecular formula is C22H25N4O5P. The maximum absolute atomic E-state index is 12.8. The van der Waals surface area contributed by atoms with Crippen LogP contribution in [0.4, 0.5) is 5.82 Å². The molecule has 2 aliphatic rings. The number of hydrogen-bond acceptors (Lipinski definition) is 8. The van der Waals surface area contributed by atoms with Gasteiger partial charge in [-0.15, -0.1) is 0 Å². The van der Waals surface area contributed by atoms with Crippen molar-refractivity contribution in [2.45, 2.75) is 32.4 Å². The van der Waals surface area contributed by atoms with Crippen LogP contribution in [0.1, 0.15) is 40.0 Å². The van der Waals surface area contributed by atoms with Crippen molar-refractivity contribution in [1.29, 1.82) is 5.26 Å². The van der Waals surface area contributed by atoms with Gasteiger partial charge in [0.1, 0.15) is 17.7 Å². The Balaban J connectivity index is 1.46. The summed E-state index contributed by atoms with van der Waals surface area (Å²) >= 11 is 0. The van der Waals surface area contributed by atoms with Gasteiger partial charge in [0, 0.05) is 40.2 Å². The molecule has 0 bridgehead atoms. The predicted molar refractivity (Wildman–Crippen MR) is 117 cm³/mol. The van der Waals surface area contributed by atoms with Crippen LogP contribution in [0, 0.1) is 18.3 Å². The molecule has 2 aromatic rings. The van der Waals surface area contributed by atoms with E-state index in [1.807, 2.05) is 19.1 Å². The molecule has 1 amide bonds. The minimum absolute atomic E-state index is 0.0567. The number of hydrogen-bond donors (Lipinski definition) is 0. The number of nitriles is 1. The molecule has 0 radical (unpaired) electrons. The Bertz CT molecular complexity index is 1120. The number of aromatic nitrogens is 1. The Kier molecular flexibility index (Phi) is 6.20. The summed E-state index contributed by atoms with van der Waals surface area (Å²) in [7, 11) is -1.17. The van der Waals surface area contributed by atoms with E-state index in [0.29, 0.717) is 22.6 Å². The number of carbonyl (C=O) groups excluding carboxylic acids is 1. The lowest BCUT2D eigenvalue weighted by molar-refractivity contribution is 0.0828. The smallest absolute Gasteiger partial charge is 0.437 e. The van der Waals surface area contributed by atoms with Crippen LogP contribution >= 0.6 is 7.75 Å². The average Bonchev–Trinajstić information content (AvgIpc) is 3.14. The molecule has 0 unspecified atom stereocenters. The summed E-state index contributed by atoms with van der Waals surface area (Å²) in [6.07, 6.45) is 1.67. The van der Waals surface area contributed by atoms with E-state index in [9.17, 15) is 9.36 Å². The number of carbonyl (C=O) groups is 1. The summed E-state index contributed by atoms with van der Waals surface area (Å²) in [6, 6.07) is 11.1. The number of anilines is 1. The number of amides is 1. The van der Waals surface area contributed by atoms with Crippen LogP contribution in [-0.2, 0) is 20.2 Å². The van der Waals surface area contributed by atoms with E-state index in [2.05, 4.69) is 11.0 Å². The van der Waals surface area contributed by atoms with Crippen molar-refractivity contribution >= 4 is 19.5 Å². The maximum atomic E-state index is 12.8. The Morgan fingerprint density at radius 1 is 1.19 bits per heavy atom. The van der Waals surface area contributed by atoms with E-state index in [1.165, 1.54) is 14.2 Å². The van der Waals surface area contributed by atoms with E-state index in [4.69, 9.17) is 24.0 Å². The van der Waals surface area contributed by atoms with Crippen LogP contribution < -0.4 is 9.64 Å². The first kappa shape index (κ1) is 22.3. The number of ether oxygens (including phenoxy) is 1. The van der Waals surface area contributed by atoms with Gasteiger partial charge in [-0.3, -0.25) is 13.8 Å². The van der Waals surface area contributed by atoms with Gasteiger partial charge in [-0.25, -0.2) is 14.2 Å². The van der Waals surface area contributed by atoms with Crippen molar-refractivity contribution in [3.05, 3.63) is 52.7 Å². The lowest BCUT2D eigenvalue weighted by Gasteiger charge is -2.34. The Morgan fingerprint density at radius 3 is 2.56 bits per heavy atom. The SMILES string of the molecule is COP(=O)(OC)N1Cc2nc(N3CCC(Oc4cccc(C#N)c4)CC3)c(C)cc2C1=O. The quantitative estimate of drug-likeness (QED) is 0.607. The minimum Gasteiger partial charge on any atom is -0.490 e. The van der Waals surface area contributed by atoms with Gasteiger partial charge in [-0.2, -0.15) is 5.26 Å². The fraction of sp³-hybridized carbons (Fsp3) is 0.409. The molecule has 1 aromatic carbocycles. The second kappa shape index (κ2) is 8.91. The lowest BCUT2D eigenvalue weighted by atomic mass is 10.1. The number of fused-ring (bicyclic) bond motifs is 1. The highest BCUT2D eigenvalue weighted by molar-refractivity contribution is 7.52. The standard InChI is InChI=1S/C22H25N4O5P/c1-15-11-19-20(14-26(22(19)27)32(28,29-2)30-3)24-21(15)25-9-7-17(8-10-25)31-18-6-4-5-16(12-18)13-23/h4-6,11-12,17H,7-10,14H2,1-3H3. The minimum atomic E-state index is -3.68. The topological polar surface area (TPSA) is 105 Å². The van der Waals surface area contributed by atoms with E-state index >= 15 is 0 Å². The zero-order chi connectivity index (χ0) is 22.9. The highest BCUT2D eigenvalue weighted by Gasteiger charge is 2.43. The highest BCUT2D eigenvalue weighted by atomic mass is 31.2. The van der Waals surface area contributed by atoms with Gasteiger partial charge in [0.2, 0.25) is 0 Å². The number of benzene rings is 1. The van der Waals surface area contributed by atoms with Gasteiger partial charge in [0.15, 0.2) is 0 Å². The van der Waals surface area contributed by atoms with Crippen LogP contribution in [0.25, 0.3) is 0 Å². The Labute approximate surface area is 187 Å². The summed E-state index contributed by atoms with van der Waals surface area (Å²) in [5.74, 6) is 1.11. The van der Waals surface area contributed by atoms with Crippen molar-refractivity contribution in [1.82, 2.24) is 9.65 Å². The number of piperidine rings is 1. The van der Waals surface area contributed by atoms with Crippen molar-refractivity contribution in [2.75, 3.05) is 32.2 Å². The van der Waals surface area contributed by atoms with Crippen molar-refractivity contribution in [2.24, 2.45) is 0 Å². The molecule has 0 spiro atoms. The first-order valence-electron chi connectivity index (χ1n) is 10.3. The largest absolute Gasteiger partial charge is 0.490 e. The molecule has 1 aromatic heterocycles. The third kappa shape index (κ3) is 4.09. The molecule has 0 N–H and O–H groups in total. The molecule has 10 heteroatoms. The first-order valence-corrected chi connectivity index (χ1v) is 11.8. The molecular weight excluding hydrogens is 431 g/mol. The molecule has 0 atom stereocenters. The summed E-state index contributed by atoms with van der Waals surface area (Å²) < 4.78 is 29.9. The molecule has 9 nitrogen and oxygen atoms in total. The number of rotatable bonds is 6. The van der Waals surface area contributed by atoms with Gasteiger partial charge in [-0.1, -0.05) is 6.07 Å². The van der Waals surface area contributed by atoms with Gasteiger partial charge in [0.05, 0.1) is 29.4 Å². The Hall–Kier alpha value is -2.92. The Morgan fingerprint density at radius 2 is 1.91 bits per heavy atom. The van der Waals surface area contributed by atoms with E-state index < -0.39 is 13.7 Å². The van der Waals surface area contributed by atoms with Crippen molar-refractivity contribution < 1.29 is 23.1 Å². The lowest BCUT2D eigenvalue weighted by Crippen LogP contribution is -2.39. The molecule has 0 saturated carbocycles. The molecule has 0 aliphatic carbocycles. The normalized spacial score (nSPS) is 16.8. The van der Waals surface area contributed by atoms with Crippen LogP contribution in [0.15, 0.2) is 30.3 Å². The van der Waals surface area contributed by atoms with Gasteiger partial charge < -0.3 is 9.64 Å². The summed E-state index contributed by atoms with van der Waals surface area (Å²) in [5.41, 5.74) is 2.45. The predicted octanol–water partition coefficient (Wildman–Crippen LogP) is 3.67. The fourth-order valence-electron chi connectivity index (χ4n) is 4.11. The monoisotopic (exact) mass is 456 g/mol. The van der Waals surface area contributed by atoms with E-state index in [-0.39, 0.29) is 12.6 Å². The second-order valence-corrected chi connectivity index (χ2v) is 9.91. The third-order valence-corrected chi connectivity index (χ3v) is 7.63. The average molecular weight is 456 g/mol. The van der Waals surface area contributed by atoms with Gasteiger partial charge >= 0.3 is 7.75 Å². The zero-order valence-corrected chi connectivity index (χ0v) is 19.2.